The van der Waals surface area contributed by atoms with Crippen LogP contribution >= 0.6 is 11.6 Å². The summed E-state index contributed by atoms with van der Waals surface area (Å²) in [7, 11) is 0. The van der Waals surface area contributed by atoms with Gasteiger partial charge in [0.15, 0.2) is 0 Å². The summed E-state index contributed by atoms with van der Waals surface area (Å²) < 4.78 is 17.1. The molecule has 0 fully saturated rings. The quantitative estimate of drug-likeness (QED) is 0.148. The molecule has 0 aliphatic heterocycles. The Balaban J connectivity index is 1.37. The van der Waals surface area contributed by atoms with Crippen LogP contribution in [0.4, 0.5) is 10.2 Å². The van der Waals surface area contributed by atoms with Gasteiger partial charge in [0.1, 0.15) is 18.0 Å². The number of aromatic amines is 1. The zero-order valence-electron chi connectivity index (χ0n) is 20.3. The minimum atomic E-state index is -1.67. The van der Waals surface area contributed by atoms with E-state index in [0.29, 0.717) is 33.8 Å². The molecule has 4 heterocycles. The van der Waals surface area contributed by atoms with E-state index in [0.717, 1.165) is 4.73 Å². The Kier molecular flexibility index (Phi) is 5.81. The van der Waals surface area contributed by atoms with E-state index in [1.54, 1.807) is 18.2 Å². The fourth-order valence-corrected chi connectivity index (χ4v) is 5.03. The van der Waals surface area contributed by atoms with Crippen molar-refractivity contribution in [2.75, 3.05) is 5.32 Å². The predicted octanol–water partition coefficient (Wildman–Crippen LogP) is 2.57. The molecule has 196 valence electrons. The molecular weight excluding hydrogens is 529 g/mol. The molecule has 4 N–H and O–H groups in total. The second-order valence-corrected chi connectivity index (χ2v) is 9.52. The highest BCUT2D eigenvalue weighted by molar-refractivity contribution is 6.31. The Labute approximate surface area is 224 Å². The molecule has 1 unspecified atom stereocenters. The molecule has 1 aromatic carbocycles. The Hall–Kier alpha value is -4.75. The number of benzene rings is 1. The maximum absolute atomic E-state index is 14.7. The number of pyridine rings is 2. The first kappa shape index (κ1) is 24.6. The van der Waals surface area contributed by atoms with Crippen LogP contribution in [-0.2, 0) is 16.8 Å². The molecule has 0 spiro atoms. The number of nitrogens with one attached hydrogen (secondary N) is 2. The van der Waals surface area contributed by atoms with Crippen molar-refractivity contribution in [3.8, 4) is 28.1 Å². The minimum Gasteiger partial charge on any atom is -0.372 e. The Morgan fingerprint density at radius 2 is 2.10 bits per heavy atom. The first-order chi connectivity index (χ1) is 18.7. The lowest BCUT2D eigenvalue weighted by Crippen LogP contribution is -2.44. The second kappa shape index (κ2) is 9.22. The lowest BCUT2D eigenvalue weighted by molar-refractivity contribution is -0.912. The van der Waals surface area contributed by atoms with Crippen molar-refractivity contribution in [1.82, 2.24) is 35.2 Å². The smallest absolute Gasteiger partial charge is 0.276 e. The number of aliphatic hydroxyl groups is 1. The fraction of sp³-hybridized carbons (Fsp3) is 0.160. The summed E-state index contributed by atoms with van der Waals surface area (Å²) in [5.74, 6) is -0.985. The van der Waals surface area contributed by atoms with Gasteiger partial charge in [0.25, 0.3) is 5.69 Å². The van der Waals surface area contributed by atoms with Gasteiger partial charge in [-0.2, -0.15) is 9.07 Å². The van der Waals surface area contributed by atoms with Gasteiger partial charge in [-0.3, -0.25) is 10.0 Å². The van der Waals surface area contributed by atoms with Crippen molar-refractivity contribution in [3.63, 3.8) is 0 Å². The summed E-state index contributed by atoms with van der Waals surface area (Å²) in [6.45, 7) is 1.30. The number of carbonyl (C=O) groups is 1. The van der Waals surface area contributed by atoms with Gasteiger partial charge in [0.05, 0.1) is 28.7 Å². The molecule has 1 aliphatic carbocycles. The molecule has 14 heteroatoms. The average molecular weight is 549 g/mol. The number of imidazole rings is 1. The Bertz CT molecular complexity index is 1740. The normalized spacial score (nSPS) is 16.3. The highest BCUT2D eigenvalue weighted by Gasteiger charge is 2.50. The number of nitrogens with zero attached hydrogens (tertiary/aromatic N) is 7. The third-order valence-electron chi connectivity index (χ3n) is 6.55. The number of halogens is 2. The van der Waals surface area contributed by atoms with Crippen molar-refractivity contribution in [1.29, 1.82) is 0 Å². The van der Waals surface area contributed by atoms with Crippen molar-refractivity contribution in [2.24, 2.45) is 0 Å². The van der Waals surface area contributed by atoms with Crippen LogP contribution in [0.25, 0.3) is 28.1 Å². The maximum Gasteiger partial charge on any atom is 0.276 e. The molecule has 0 bridgehead atoms. The van der Waals surface area contributed by atoms with Gasteiger partial charge in [0.2, 0.25) is 23.7 Å². The number of aromatic nitrogens is 8. The molecule has 12 nitrogen and oxygen atoms in total. The summed E-state index contributed by atoms with van der Waals surface area (Å²) in [6, 6.07) is 9.97. The van der Waals surface area contributed by atoms with Crippen LogP contribution in [0, 0.1) is 5.95 Å². The highest BCUT2D eigenvalue weighted by atomic mass is 35.5. The van der Waals surface area contributed by atoms with Gasteiger partial charge in [-0.1, -0.05) is 11.6 Å². The third kappa shape index (κ3) is 4.27. The molecule has 0 radical (unpaired) electrons. The van der Waals surface area contributed by atoms with Crippen LogP contribution in [0.1, 0.15) is 30.4 Å². The molecule has 5 aromatic rings. The summed E-state index contributed by atoms with van der Waals surface area (Å²) in [5.41, 5.74) is 1.57. The van der Waals surface area contributed by atoms with E-state index in [1.807, 2.05) is 6.07 Å². The van der Waals surface area contributed by atoms with Gasteiger partial charge < -0.3 is 15.4 Å². The monoisotopic (exact) mass is 548 g/mol. The van der Waals surface area contributed by atoms with Gasteiger partial charge in [-0.05, 0) is 59.7 Å². The third-order valence-corrected chi connectivity index (χ3v) is 6.78. The molecule has 1 atom stereocenters. The molecule has 1 amide bonds. The van der Waals surface area contributed by atoms with Crippen molar-refractivity contribution < 1.29 is 24.2 Å². The first-order valence-electron chi connectivity index (χ1n) is 11.8. The summed E-state index contributed by atoms with van der Waals surface area (Å²) >= 11 is 6.27. The van der Waals surface area contributed by atoms with Gasteiger partial charge in [-0.15, -0.1) is 5.10 Å². The van der Waals surface area contributed by atoms with Gasteiger partial charge in [-0.25, -0.2) is 9.97 Å². The largest absolute Gasteiger partial charge is 0.372 e. The molecule has 0 saturated heterocycles. The Morgan fingerprint density at radius 1 is 1.26 bits per heavy atom. The number of carbonyl (C=O) groups excluding carboxylic acids is 1. The van der Waals surface area contributed by atoms with E-state index in [-0.39, 0.29) is 40.9 Å². The van der Waals surface area contributed by atoms with Crippen LogP contribution in [0.5, 0.6) is 0 Å². The van der Waals surface area contributed by atoms with Crippen molar-refractivity contribution in [3.05, 3.63) is 83.2 Å². The van der Waals surface area contributed by atoms with E-state index in [2.05, 4.69) is 35.8 Å². The van der Waals surface area contributed by atoms with Crippen molar-refractivity contribution >= 4 is 23.3 Å². The van der Waals surface area contributed by atoms with Crippen molar-refractivity contribution in [2.45, 2.75) is 25.4 Å². The zero-order chi connectivity index (χ0) is 27.3. The summed E-state index contributed by atoms with van der Waals surface area (Å²) in [6.07, 6.45) is 4.94. The predicted molar refractivity (Wildman–Crippen MR) is 134 cm³/mol. The SMILES string of the molecule is CC(=O)Nc1ccc(-c2cnc(C3(O)CCc4cc(-c5cc(Cl)ccc5-n5cnnn5)c[n+](O)c43)[nH]2)c(F)n1. The summed E-state index contributed by atoms with van der Waals surface area (Å²) in [5, 5.41) is 37.0. The molecule has 1 aliphatic rings. The number of H-pyrrole nitrogens is 1. The molecular formula is C25H20ClFN9O3+. The standard InChI is InChI=1S/C25H19ClFN9O3/c1-13(37)30-21-5-3-17(23(27)32-21)19-10-28-24(31-19)25(38)7-6-14-8-15(11-36(39)22(14)25)18-9-16(26)2-4-20(18)35-12-29-33-34-35/h2-5,8-12,38H,6-7H2,1H3,(H2-,28,30,31,32,33,34,37,39)/p+1. The lowest BCUT2D eigenvalue weighted by Gasteiger charge is -2.17. The van der Waals surface area contributed by atoms with Crippen LogP contribution < -0.4 is 10.0 Å². The maximum atomic E-state index is 14.7. The van der Waals surface area contributed by atoms with Gasteiger partial charge in [0, 0.05) is 27.8 Å². The zero-order valence-corrected chi connectivity index (χ0v) is 21.1. The van der Waals surface area contributed by atoms with E-state index in [1.165, 1.54) is 42.5 Å². The second-order valence-electron chi connectivity index (χ2n) is 9.08. The number of rotatable bonds is 5. The van der Waals surface area contributed by atoms with Gasteiger partial charge >= 0.3 is 0 Å². The van der Waals surface area contributed by atoms with Crippen LogP contribution in [0.3, 0.4) is 0 Å². The molecule has 6 rings (SSSR count). The van der Waals surface area contributed by atoms with Crippen LogP contribution in [-0.4, -0.2) is 51.4 Å². The molecule has 39 heavy (non-hydrogen) atoms. The summed E-state index contributed by atoms with van der Waals surface area (Å²) in [4.78, 5) is 22.3. The number of hydrogen-bond donors (Lipinski definition) is 4. The molecule has 0 saturated carbocycles. The number of fused-ring (bicyclic) bond motifs is 1. The number of aryl methyl sites for hydroxylation is 1. The highest BCUT2D eigenvalue weighted by Crippen LogP contribution is 2.41. The van der Waals surface area contributed by atoms with Crippen LogP contribution in [0.2, 0.25) is 5.02 Å². The number of tetrazole rings is 1. The number of anilines is 1. The molecule has 4 aromatic heterocycles. The van der Waals surface area contributed by atoms with E-state index in [4.69, 9.17) is 11.6 Å². The van der Waals surface area contributed by atoms with E-state index < -0.39 is 11.5 Å². The Morgan fingerprint density at radius 3 is 2.85 bits per heavy atom. The average Bonchev–Trinajstić information content (AvgIpc) is 3.65. The fourth-order valence-electron chi connectivity index (χ4n) is 4.86. The number of amides is 1. The lowest BCUT2D eigenvalue weighted by atomic mass is 9.98. The van der Waals surface area contributed by atoms with Crippen LogP contribution in [0.15, 0.2) is 55.1 Å². The number of hydrogen-bond acceptors (Lipinski definition) is 8. The minimum absolute atomic E-state index is 0.0758. The van der Waals surface area contributed by atoms with E-state index in [9.17, 15) is 19.5 Å². The topological polar surface area (TPSA) is 159 Å². The first-order valence-corrected chi connectivity index (χ1v) is 12.1. The van der Waals surface area contributed by atoms with E-state index >= 15 is 0 Å².